The first-order valence-electron chi connectivity index (χ1n) is 7.76. The van der Waals surface area contributed by atoms with E-state index < -0.39 is 5.97 Å². The molecular weight excluding hydrogens is 278 g/mol. The lowest BCUT2D eigenvalue weighted by atomic mass is 10.0. The van der Waals surface area contributed by atoms with E-state index in [9.17, 15) is 9.90 Å². The Labute approximate surface area is 130 Å². The fraction of sp³-hybridized carbons (Fsp3) is 0.412. The molecule has 1 atom stereocenters. The number of rotatable bonds is 4. The van der Waals surface area contributed by atoms with Gasteiger partial charge in [-0.3, -0.25) is 4.90 Å². The Bertz CT molecular complexity index is 651. The SMILES string of the molecule is CC1CCCCN1Cc1c(C(=O)O)cnn1-c1ccccc1. The summed E-state index contributed by atoms with van der Waals surface area (Å²) in [4.78, 5) is 13.9. The summed E-state index contributed by atoms with van der Waals surface area (Å²) < 4.78 is 1.75. The van der Waals surface area contributed by atoms with Crippen molar-refractivity contribution in [2.45, 2.75) is 38.8 Å². The molecule has 2 heterocycles. The molecule has 116 valence electrons. The van der Waals surface area contributed by atoms with Gasteiger partial charge in [0.15, 0.2) is 0 Å². The number of carboxylic acids is 1. The Balaban J connectivity index is 1.96. The average molecular weight is 299 g/mol. The fourth-order valence-electron chi connectivity index (χ4n) is 3.08. The molecule has 1 aromatic heterocycles. The van der Waals surface area contributed by atoms with E-state index in [1.165, 1.54) is 25.5 Å². The lowest BCUT2D eigenvalue weighted by molar-refractivity contribution is 0.0692. The van der Waals surface area contributed by atoms with Crippen molar-refractivity contribution in [3.05, 3.63) is 47.8 Å². The highest BCUT2D eigenvalue weighted by Gasteiger charge is 2.24. The van der Waals surface area contributed by atoms with Crippen LogP contribution in [-0.4, -0.2) is 38.3 Å². The molecule has 1 aliphatic heterocycles. The zero-order valence-electron chi connectivity index (χ0n) is 12.8. The molecule has 1 saturated heterocycles. The summed E-state index contributed by atoms with van der Waals surface area (Å²) in [5, 5.41) is 13.8. The van der Waals surface area contributed by atoms with Crippen LogP contribution in [0.15, 0.2) is 36.5 Å². The molecule has 0 saturated carbocycles. The molecule has 5 heteroatoms. The highest BCUT2D eigenvalue weighted by atomic mass is 16.4. The van der Waals surface area contributed by atoms with Gasteiger partial charge in [-0.2, -0.15) is 5.10 Å². The third kappa shape index (κ3) is 2.90. The number of carboxylic acid groups (broad SMARTS) is 1. The quantitative estimate of drug-likeness (QED) is 0.943. The summed E-state index contributed by atoms with van der Waals surface area (Å²) in [6.45, 7) is 3.85. The van der Waals surface area contributed by atoms with Crippen LogP contribution >= 0.6 is 0 Å². The highest BCUT2D eigenvalue weighted by Crippen LogP contribution is 2.22. The Morgan fingerprint density at radius 1 is 1.32 bits per heavy atom. The van der Waals surface area contributed by atoms with Crippen LogP contribution in [0.25, 0.3) is 5.69 Å². The molecule has 1 unspecified atom stereocenters. The van der Waals surface area contributed by atoms with Gasteiger partial charge in [-0.25, -0.2) is 9.48 Å². The zero-order valence-corrected chi connectivity index (χ0v) is 12.8. The third-order valence-corrected chi connectivity index (χ3v) is 4.39. The van der Waals surface area contributed by atoms with Crippen LogP contribution in [-0.2, 0) is 6.54 Å². The largest absolute Gasteiger partial charge is 0.478 e. The van der Waals surface area contributed by atoms with E-state index in [2.05, 4.69) is 16.9 Å². The molecule has 1 aromatic carbocycles. The number of carbonyl (C=O) groups is 1. The van der Waals surface area contributed by atoms with Crippen molar-refractivity contribution in [1.82, 2.24) is 14.7 Å². The number of aromatic nitrogens is 2. The van der Waals surface area contributed by atoms with E-state index in [4.69, 9.17) is 0 Å². The molecule has 1 N–H and O–H groups in total. The van der Waals surface area contributed by atoms with Gasteiger partial charge in [0.1, 0.15) is 5.56 Å². The van der Waals surface area contributed by atoms with Crippen molar-refractivity contribution in [2.24, 2.45) is 0 Å². The van der Waals surface area contributed by atoms with E-state index in [-0.39, 0.29) is 0 Å². The van der Waals surface area contributed by atoms with Crippen molar-refractivity contribution in [1.29, 1.82) is 0 Å². The van der Waals surface area contributed by atoms with Crippen molar-refractivity contribution in [3.8, 4) is 5.69 Å². The van der Waals surface area contributed by atoms with Gasteiger partial charge in [0, 0.05) is 12.6 Å². The summed E-state index contributed by atoms with van der Waals surface area (Å²) in [7, 11) is 0. The van der Waals surface area contributed by atoms with Crippen LogP contribution in [0, 0.1) is 0 Å². The molecular formula is C17H21N3O2. The Kier molecular flexibility index (Phi) is 4.24. The van der Waals surface area contributed by atoms with Crippen molar-refractivity contribution in [3.63, 3.8) is 0 Å². The maximum Gasteiger partial charge on any atom is 0.339 e. The van der Waals surface area contributed by atoms with Crippen LogP contribution in [0.2, 0.25) is 0 Å². The number of likely N-dealkylation sites (tertiary alicyclic amines) is 1. The minimum absolute atomic E-state index is 0.293. The first kappa shape index (κ1) is 14.8. The summed E-state index contributed by atoms with van der Waals surface area (Å²) in [5.41, 5.74) is 1.95. The van der Waals surface area contributed by atoms with Crippen LogP contribution in [0.4, 0.5) is 0 Å². The molecule has 1 aliphatic rings. The van der Waals surface area contributed by atoms with E-state index in [1.54, 1.807) is 4.68 Å². The third-order valence-electron chi connectivity index (χ3n) is 4.39. The van der Waals surface area contributed by atoms with Gasteiger partial charge in [0.25, 0.3) is 0 Å². The van der Waals surface area contributed by atoms with Gasteiger partial charge in [-0.1, -0.05) is 24.6 Å². The minimum Gasteiger partial charge on any atom is -0.478 e. The molecule has 22 heavy (non-hydrogen) atoms. The van der Waals surface area contributed by atoms with Crippen molar-refractivity contribution < 1.29 is 9.90 Å². The summed E-state index contributed by atoms with van der Waals surface area (Å²) in [6.07, 6.45) is 5.05. The maximum absolute atomic E-state index is 11.5. The second-order valence-electron chi connectivity index (χ2n) is 5.87. The van der Waals surface area contributed by atoms with Crippen LogP contribution in [0.3, 0.4) is 0 Å². The molecule has 5 nitrogen and oxygen atoms in total. The molecule has 3 rings (SSSR count). The van der Waals surface area contributed by atoms with E-state index in [0.29, 0.717) is 18.2 Å². The average Bonchev–Trinajstić information content (AvgIpc) is 2.94. The van der Waals surface area contributed by atoms with Crippen molar-refractivity contribution >= 4 is 5.97 Å². The van der Waals surface area contributed by atoms with Gasteiger partial charge in [0.2, 0.25) is 0 Å². The number of hydrogen-bond donors (Lipinski definition) is 1. The van der Waals surface area contributed by atoms with Crippen molar-refractivity contribution in [2.75, 3.05) is 6.54 Å². The van der Waals surface area contributed by atoms with E-state index in [1.807, 2.05) is 30.3 Å². The number of para-hydroxylation sites is 1. The zero-order chi connectivity index (χ0) is 15.5. The minimum atomic E-state index is -0.915. The summed E-state index contributed by atoms with van der Waals surface area (Å²) in [6, 6.07) is 10.2. The maximum atomic E-state index is 11.5. The predicted octanol–water partition coefficient (Wildman–Crippen LogP) is 2.94. The smallest absolute Gasteiger partial charge is 0.339 e. The summed E-state index contributed by atoms with van der Waals surface area (Å²) >= 11 is 0. The predicted molar refractivity (Wildman–Crippen MR) is 84.2 cm³/mol. The van der Waals surface area contributed by atoms with Gasteiger partial charge in [-0.15, -0.1) is 0 Å². The van der Waals surface area contributed by atoms with Gasteiger partial charge < -0.3 is 5.11 Å². The van der Waals surface area contributed by atoms with Crippen LogP contribution in [0.5, 0.6) is 0 Å². The lowest BCUT2D eigenvalue weighted by Crippen LogP contribution is -2.37. The number of aromatic carboxylic acids is 1. The number of nitrogens with zero attached hydrogens (tertiary/aromatic N) is 3. The molecule has 0 bridgehead atoms. The second-order valence-corrected chi connectivity index (χ2v) is 5.87. The molecule has 1 fully saturated rings. The van der Waals surface area contributed by atoms with Crippen LogP contribution in [0.1, 0.15) is 42.2 Å². The molecule has 0 spiro atoms. The molecule has 0 aliphatic carbocycles. The Hall–Kier alpha value is -2.14. The standard InChI is InChI=1S/C17H21N3O2/c1-13-7-5-6-10-19(13)12-16-15(17(21)22)11-18-20(16)14-8-3-2-4-9-14/h2-4,8-9,11,13H,5-7,10,12H2,1H3,(H,21,22). The molecule has 0 amide bonds. The number of piperidine rings is 1. The first-order chi connectivity index (χ1) is 10.7. The Morgan fingerprint density at radius 3 is 2.77 bits per heavy atom. The van der Waals surface area contributed by atoms with E-state index >= 15 is 0 Å². The first-order valence-corrected chi connectivity index (χ1v) is 7.76. The second kappa shape index (κ2) is 6.32. The normalized spacial score (nSPS) is 19.2. The van der Waals surface area contributed by atoms with Gasteiger partial charge >= 0.3 is 5.97 Å². The highest BCUT2D eigenvalue weighted by molar-refractivity contribution is 5.88. The van der Waals surface area contributed by atoms with Gasteiger partial charge in [-0.05, 0) is 38.4 Å². The van der Waals surface area contributed by atoms with Gasteiger partial charge in [0.05, 0.1) is 17.6 Å². The summed E-state index contributed by atoms with van der Waals surface area (Å²) in [5.74, 6) is -0.915. The molecule has 0 radical (unpaired) electrons. The monoisotopic (exact) mass is 299 g/mol. The molecule has 2 aromatic rings. The fourth-order valence-corrected chi connectivity index (χ4v) is 3.08. The number of benzene rings is 1. The number of hydrogen-bond acceptors (Lipinski definition) is 3. The lowest BCUT2D eigenvalue weighted by Gasteiger charge is -2.33. The van der Waals surface area contributed by atoms with Crippen LogP contribution < -0.4 is 0 Å². The van der Waals surface area contributed by atoms with E-state index in [0.717, 1.165) is 17.9 Å². The topological polar surface area (TPSA) is 58.4 Å². The Morgan fingerprint density at radius 2 is 2.09 bits per heavy atom.